The zero-order chi connectivity index (χ0) is 11.5. The van der Waals surface area contributed by atoms with E-state index in [1.165, 1.54) is 5.56 Å². The largest absolute Gasteiger partial charge is 0.464 e. The van der Waals surface area contributed by atoms with E-state index in [1.807, 2.05) is 19.1 Å². The van der Waals surface area contributed by atoms with Crippen molar-refractivity contribution in [3.63, 3.8) is 0 Å². The molecule has 84 valence electrons. The first-order chi connectivity index (χ1) is 7.70. The highest BCUT2D eigenvalue weighted by atomic mass is 16.3. The number of rotatable bonds is 3. The van der Waals surface area contributed by atoms with Gasteiger partial charge in [-0.3, -0.25) is 0 Å². The monoisotopic (exact) mass is 215 g/mol. The van der Waals surface area contributed by atoms with Crippen molar-refractivity contribution < 1.29 is 4.42 Å². The Balaban J connectivity index is 2.23. The molecular formula is C14H17NO. The third kappa shape index (κ3) is 2.17. The number of nitrogens with two attached hydrogens (primary N) is 1. The molecule has 2 N–H and O–H groups in total. The summed E-state index contributed by atoms with van der Waals surface area (Å²) in [5.74, 6) is 1.72. The Labute approximate surface area is 96.1 Å². The van der Waals surface area contributed by atoms with Crippen molar-refractivity contribution in [2.24, 2.45) is 5.73 Å². The van der Waals surface area contributed by atoms with Crippen LogP contribution in [0.4, 0.5) is 0 Å². The van der Waals surface area contributed by atoms with Gasteiger partial charge in [-0.05, 0) is 36.6 Å². The summed E-state index contributed by atoms with van der Waals surface area (Å²) in [7, 11) is 0. The maximum atomic E-state index is 6.13. The fraction of sp³-hybridized carbons (Fsp3) is 0.286. The predicted molar refractivity (Wildman–Crippen MR) is 65.3 cm³/mol. The number of hydrogen-bond acceptors (Lipinski definition) is 2. The Morgan fingerprint density at radius 1 is 1.12 bits per heavy atom. The molecule has 1 heterocycles. The molecule has 0 radical (unpaired) electrons. The molecule has 1 unspecified atom stereocenters. The van der Waals surface area contributed by atoms with Crippen molar-refractivity contribution in [1.29, 1.82) is 0 Å². The minimum atomic E-state index is -0.167. The zero-order valence-corrected chi connectivity index (χ0v) is 9.73. The van der Waals surface area contributed by atoms with E-state index in [-0.39, 0.29) is 6.04 Å². The summed E-state index contributed by atoms with van der Waals surface area (Å²) in [5, 5.41) is 0. The van der Waals surface area contributed by atoms with Gasteiger partial charge in [0.15, 0.2) is 0 Å². The van der Waals surface area contributed by atoms with Crippen LogP contribution in [-0.4, -0.2) is 0 Å². The first kappa shape index (κ1) is 11.0. The lowest BCUT2D eigenvalue weighted by Crippen LogP contribution is -2.10. The average Bonchev–Trinajstić information content (AvgIpc) is 2.75. The van der Waals surface area contributed by atoms with Crippen LogP contribution in [0.3, 0.4) is 0 Å². The van der Waals surface area contributed by atoms with Crippen molar-refractivity contribution in [3.8, 4) is 0 Å². The zero-order valence-electron chi connectivity index (χ0n) is 9.73. The van der Waals surface area contributed by atoms with Gasteiger partial charge in [0.25, 0.3) is 0 Å². The average molecular weight is 215 g/mol. The maximum absolute atomic E-state index is 6.13. The molecular weight excluding hydrogens is 198 g/mol. The molecule has 0 bridgehead atoms. The minimum Gasteiger partial charge on any atom is -0.464 e. The molecule has 2 nitrogen and oxygen atoms in total. The molecule has 0 fully saturated rings. The SMILES string of the molecule is CCc1ccc(C(N)c2ccc(C)o2)cc1. The molecule has 1 atom stereocenters. The number of furan rings is 1. The summed E-state index contributed by atoms with van der Waals surface area (Å²) in [4.78, 5) is 0. The van der Waals surface area contributed by atoms with Crippen molar-refractivity contribution in [2.75, 3.05) is 0 Å². The fourth-order valence-electron chi connectivity index (χ4n) is 1.75. The molecule has 0 saturated carbocycles. The molecule has 2 rings (SSSR count). The Kier molecular flexibility index (Phi) is 3.11. The smallest absolute Gasteiger partial charge is 0.125 e. The van der Waals surface area contributed by atoms with Gasteiger partial charge in [-0.15, -0.1) is 0 Å². The summed E-state index contributed by atoms with van der Waals surface area (Å²) < 4.78 is 5.53. The van der Waals surface area contributed by atoms with Crippen LogP contribution in [0, 0.1) is 6.92 Å². The van der Waals surface area contributed by atoms with Gasteiger partial charge < -0.3 is 10.2 Å². The van der Waals surface area contributed by atoms with Crippen LogP contribution in [0.15, 0.2) is 40.8 Å². The molecule has 0 saturated heterocycles. The van der Waals surface area contributed by atoms with Gasteiger partial charge in [-0.1, -0.05) is 31.2 Å². The molecule has 1 aromatic heterocycles. The highest BCUT2D eigenvalue weighted by Crippen LogP contribution is 2.21. The molecule has 0 amide bonds. The van der Waals surface area contributed by atoms with Gasteiger partial charge in [-0.2, -0.15) is 0 Å². The molecule has 16 heavy (non-hydrogen) atoms. The van der Waals surface area contributed by atoms with Gasteiger partial charge in [0.05, 0.1) is 6.04 Å². The Morgan fingerprint density at radius 2 is 1.81 bits per heavy atom. The van der Waals surface area contributed by atoms with E-state index >= 15 is 0 Å². The lowest BCUT2D eigenvalue weighted by atomic mass is 10.0. The van der Waals surface area contributed by atoms with Crippen LogP contribution in [0.5, 0.6) is 0 Å². The molecule has 0 aliphatic rings. The predicted octanol–water partition coefficient (Wildman–Crippen LogP) is 3.20. The third-order valence-electron chi connectivity index (χ3n) is 2.81. The van der Waals surface area contributed by atoms with Gasteiger partial charge >= 0.3 is 0 Å². The first-order valence-corrected chi connectivity index (χ1v) is 5.61. The highest BCUT2D eigenvalue weighted by molar-refractivity contribution is 5.29. The van der Waals surface area contributed by atoms with E-state index in [9.17, 15) is 0 Å². The third-order valence-corrected chi connectivity index (χ3v) is 2.81. The van der Waals surface area contributed by atoms with Gasteiger partial charge in [0.1, 0.15) is 11.5 Å². The lowest BCUT2D eigenvalue weighted by Gasteiger charge is -2.09. The minimum absolute atomic E-state index is 0.167. The van der Waals surface area contributed by atoms with E-state index in [0.29, 0.717) is 0 Å². The van der Waals surface area contributed by atoms with E-state index in [0.717, 1.165) is 23.5 Å². The van der Waals surface area contributed by atoms with Gasteiger partial charge in [0.2, 0.25) is 0 Å². The first-order valence-electron chi connectivity index (χ1n) is 5.61. The standard InChI is InChI=1S/C14H17NO/c1-3-11-5-7-12(8-6-11)14(15)13-9-4-10(2)16-13/h4-9,14H,3,15H2,1-2H3. The summed E-state index contributed by atoms with van der Waals surface area (Å²) >= 11 is 0. The summed E-state index contributed by atoms with van der Waals surface area (Å²) in [6, 6.07) is 12.1. The summed E-state index contributed by atoms with van der Waals surface area (Å²) in [5.41, 5.74) is 8.54. The van der Waals surface area contributed by atoms with Crippen molar-refractivity contribution in [2.45, 2.75) is 26.3 Å². The van der Waals surface area contributed by atoms with Crippen LogP contribution < -0.4 is 5.73 Å². The van der Waals surface area contributed by atoms with Crippen molar-refractivity contribution in [3.05, 3.63) is 59.0 Å². The number of benzene rings is 1. The molecule has 0 aliphatic heterocycles. The van der Waals surface area contributed by atoms with E-state index in [1.54, 1.807) is 0 Å². The Bertz CT molecular complexity index is 456. The number of aryl methyl sites for hydroxylation is 2. The second-order valence-electron chi connectivity index (χ2n) is 4.02. The van der Waals surface area contributed by atoms with Crippen LogP contribution in [-0.2, 0) is 6.42 Å². The molecule has 0 aliphatic carbocycles. The molecule has 0 spiro atoms. The van der Waals surface area contributed by atoms with Crippen molar-refractivity contribution in [1.82, 2.24) is 0 Å². The summed E-state index contributed by atoms with van der Waals surface area (Å²) in [6.07, 6.45) is 1.05. The fourth-order valence-corrected chi connectivity index (χ4v) is 1.75. The van der Waals surface area contributed by atoms with Crippen LogP contribution in [0.2, 0.25) is 0 Å². The second kappa shape index (κ2) is 4.54. The Hall–Kier alpha value is -1.54. The van der Waals surface area contributed by atoms with Gasteiger partial charge in [0, 0.05) is 0 Å². The normalized spacial score (nSPS) is 12.7. The lowest BCUT2D eigenvalue weighted by molar-refractivity contribution is 0.466. The van der Waals surface area contributed by atoms with Crippen LogP contribution in [0.1, 0.15) is 35.6 Å². The quantitative estimate of drug-likeness (QED) is 0.854. The second-order valence-corrected chi connectivity index (χ2v) is 4.02. The van der Waals surface area contributed by atoms with E-state index in [2.05, 4.69) is 31.2 Å². The van der Waals surface area contributed by atoms with E-state index in [4.69, 9.17) is 10.2 Å². The maximum Gasteiger partial charge on any atom is 0.125 e. The van der Waals surface area contributed by atoms with Gasteiger partial charge in [-0.25, -0.2) is 0 Å². The van der Waals surface area contributed by atoms with E-state index < -0.39 is 0 Å². The topological polar surface area (TPSA) is 39.2 Å². The molecule has 1 aromatic carbocycles. The van der Waals surface area contributed by atoms with Crippen molar-refractivity contribution >= 4 is 0 Å². The Morgan fingerprint density at radius 3 is 2.31 bits per heavy atom. The molecule has 2 aromatic rings. The van der Waals surface area contributed by atoms with Crippen LogP contribution >= 0.6 is 0 Å². The molecule has 2 heteroatoms. The summed E-state index contributed by atoms with van der Waals surface area (Å²) in [6.45, 7) is 4.07. The van der Waals surface area contributed by atoms with Crippen LogP contribution in [0.25, 0.3) is 0 Å². The number of hydrogen-bond donors (Lipinski definition) is 1. The highest BCUT2D eigenvalue weighted by Gasteiger charge is 2.11.